The minimum Gasteiger partial charge on any atom is -0.293 e. The lowest BCUT2D eigenvalue weighted by Gasteiger charge is -2.17. The third-order valence-corrected chi connectivity index (χ3v) is 5.97. The smallest absolute Gasteiger partial charge is 0.228 e. The van der Waals surface area contributed by atoms with Crippen LogP contribution < -0.4 is 4.90 Å². The van der Waals surface area contributed by atoms with Crippen LogP contribution in [0.5, 0.6) is 0 Å². The number of aromatic nitrogens is 2. The number of benzene rings is 1. The zero-order valence-corrected chi connectivity index (χ0v) is 15.6. The van der Waals surface area contributed by atoms with Crippen molar-refractivity contribution in [2.75, 3.05) is 4.90 Å². The quantitative estimate of drug-likeness (QED) is 0.414. The van der Waals surface area contributed by atoms with Gasteiger partial charge < -0.3 is 0 Å². The van der Waals surface area contributed by atoms with Crippen LogP contribution in [0.3, 0.4) is 0 Å². The maximum atomic E-state index is 13.0. The first-order valence-electron chi connectivity index (χ1n) is 8.11. The highest BCUT2D eigenvalue weighted by Gasteiger charge is 2.35. The Morgan fingerprint density at radius 3 is 2.60 bits per heavy atom. The summed E-state index contributed by atoms with van der Waals surface area (Å²) in [6.07, 6.45) is 2.42. The van der Waals surface area contributed by atoms with Gasteiger partial charge in [-0.3, -0.25) is 14.5 Å². The Labute approximate surface area is 153 Å². The summed E-state index contributed by atoms with van der Waals surface area (Å²) < 4.78 is 13.6. The zero-order chi connectivity index (χ0) is 18.0. The second kappa shape index (κ2) is 7.61. The third kappa shape index (κ3) is 4.24. The van der Waals surface area contributed by atoms with Crippen LogP contribution in [0.2, 0.25) is 0 Å². The molecule has 0 radical (unpaired) electrons. The molecule has 1 aliphatic carbocycles. The number of thioether (sulfide) groups is 1. The number of halogens is 1. The lowest BCUT2D eigenvalue weighted by molar-refractivity contribution is -0.118. The number of rotatable bonds is 7. The fourth-order valence-corrected chi connectivity index (χ4v) is 4.52. The molecule has 1 heterocycles. The maximum absolute atomic E-state index is 13.0. The van der Waals surface area contributed by atoms with Crippen LogP contribution in [-0.4, -0.2) is 33.2 Å². The van der Waals surface area contributed by atoms with E-state index in [0.29, 0.717) is 21.5 Å². The summed E-state index contributed by atoms with van der Waals surface area (Å²) in [4.78, 5) is 26.3. The summed E-state index contributed by atoms with van der Waals surface area (Å²) in [7, 11) is 0. The molecule has 132 valence electrons. The van der Waals surface area contributed by atoms with Crippen molar-refractivity contribution in [3.8, 4) is 0 Å². The fourth-order valence-electron chi connectivity index (χ4n) is 2.37. The molecule has 1 amide bonds. The predicted molar refractivity (Wildman–Crippen MR) is 96.8 cm³/mol. The van der Waals surface area contributed by atoms with E-state index in [0.717, 1.165) is 12.8 Å². The highest BCUT2D eigenvalue weighted by molar-refractivity contribution is 8.02. The molecule has 0 spiro atoms. The molecule has 1 aromatic heterocycles. The van der Waals surface area contributed by atoms with E-state index in [4.69, 9.17) is 0 Å². The zero-order valence-electron chi connectivity index (χ0n) is 13.9. The average Bonchev–Trinajstić information content (AvgIpc) is 3.34. The summed E-state index contributed by atoms with van der Waals surface area (Å²) in [6.45, 7) is 3.62. The number of carbonyl (C=O) groups is 2. The number of ketones is 1. The largest absolute Gasteiger partial charge is 0.293 e. The molecule has 0 saturated heterocycles. The molecular formula is C17H18FN3O2S2. The predicted octanol–water partition coefficient (Wildman–Crippen LogP) is 3.95. The highest BCUT2D eigenvalue weighted by atomic mass is 32.2. The topological polar surface area (TPSA) is 63.2 Å². The number of hydrogen-bond acceptors (Lipinski definition) is 6. The lowest BCUT2D eigenvalue weighted by atomic mass is 10.1. The molecule has 2 aromatic rings. The molecule has 0 unspecified atom stereocenters. The van der Waals surface area contributed by atoms with Gasteiger partial charge in [0.05, 0.1) is 5.25 Å². The van der Waals surface area contributed by atoms with Crippen molar-refractivity contribution in [1.82, 2.24) is 10.2 Å². The molecule has 1 atom stereocenters. The van der Waals surface area contributed by atoms with Gasteiger partial charge in [0.1, 0.15) is 5.82 Å². The van der Waals surface area contributed by atoms with Gasteiger partial charge in [-0.2, -0.15) is 0 Å². The SMILES string of the molecule is CCC(=O)N(c1nnc(S[C@H](C)C(=O)c2ccc(F)cc2)s1)C1CC1. The first kappa shape index (κ1) is 18.0. The average molecular weight is 379 g/mol. The Morgan fingerprint density at radius 2 is 2.00 bits per heavy atom. The molecule has 3 rings (SSSR count). The van der Waals surface area contributed by atoms with Crippen molar-refractivity contribution in [2.45, 2.75) is 48.7 Å². The van der Waals surface area contributed by atoms with Gasteiger partial charge in [0.25, 0.3) is 0 Å². The molecule has 0 N–H and O–H groups in total. The van der Waals surface area contributed by atoms with Crippen LogP contribution in [0.4, 0.5) is 9.52 Å². The van der Waals surface area contributed by atoms with Crippen LogP contribution in [0, 0.1) is 5.82 Å². The fraction of sp³-hybridized carbons (Fsp3) is 0.412. The van der Waals surface area contributed by atoms with Crippen molar-refractivity contribution < 1.29 is 14.0 Å². The van der Waals surface area contributed by atoms with E-state index in [1.54, 1.807) is 11.8 Å². The van der Waals surface area contributed by atoms with Gasteiger partial charge in [0.2, 0.25) is 11.0 Å². The van der Waals surface area contributed by atoms with Crippen molar-refractivity contribution in [2.24, 2.45) is 0 Å². The number of Topliss-reactive ketones (excluding diaryl/α,β-unsaturated/α-hetero) is 1. The molecule has 1 saturated carbocycles. The van der Waals surface area contributed by atoms with Crippen molar-refractivity contribution >= 4 is 39.9 Å². The first-order valence-corrected chi connectivity index (χ1v) is 9.81. The van der Waals surface area contributed by atoms with E-state index >= 15 is 0 Å². The van der Waals surface area contributed by atoms with Gasteiger partial charge in [0, 0.05) is 18.0 Å². The number of anilines is 1. The lowest BCUT2D eigenvalue weighted by Crippen LogP contribution is -2.32. The van der Waals surface area contributed by atoms with Gasteiger partial charge in [-0.25, -0.2) is 4.39 Å². The number of nitrogens with zero attached hydrogens (tertiary/aromatic N) is 3. The maximum Gasteiger partial charge on any atom is 0.228 e. The van der Waals surface area contributed by atoms with Crippen LogP contribution in [0.15, 0.2) is 28.6 Å². The van der Waals surface area contributed by atoms with E-state index in [-0.39, 0.29) is 28.8 Å². The Hall–Kier alpha value is -1.80. The second-order valence-corrected chi connectivity index (χ2v) is 8.37. The Bertz CT molecular complexity index is 774. The Balaban J connectivity index is 1.69. The molecule has 1 aliphatic rings. The summed E-state index contributed by atoms with van der Waals surface area (Å²) in [6, 6.07) is 5.75. The van der Waals surface area contributed by atoms with Gasteiger partial charge in [-0.05, 0) is 44.0 Å². The van der Waals surface area contributed by atoms with E-state index in [1.165, 1.54) is 47.4 Å². The summed E-state index contributed by atoms with van der Waals surface area (Å²) in [5.41, 5.74) is 0.465. The normalized spacial score (nSPS) is 15.0. The minimum absolute atomic E-state index is 0.0469. The van der Waals surface area contributed by atoms with Gasteiger partial charge in [-0.1, -0.05) is 30.0 Å². The monoisotopic (exact) mass is 379 g/mol. The number of hydrogen-bond donors (Lipinski definition) is 0. The van der Waals surface area contributed by atoms with Gasteiger partial charge in [-0.15, -0.1) is 10.2 Å². The third-order valence-electron chi connectivity index (χ3n) is 3.86. The summed E-state index contributed by atoms with van der Waals surface area (Å²) >= 11 is 2.63. The molecule has 8 heteroatoms. The second-order valence-electron chi connectivity index (χ2n) is 5.83. The summed E-state index contributed by atoms with van der Waals surface area (Å²) in [5.74, 6) is -0.414. The number of amides is 1. The molecule has 1 aromatic carbocycles. The van der Waals surface area contributed by atoms with Gasteiger partial charge in [0.15, 0.2) is 10.1 Å². The Kier molecular flexibility index (Phi) is 5.48. The van der Waals surface area contributed by atoms with Crippen LogP contribution >= 0.6 is 23.1 Å². The van der Waals surface area contributed by atoms with Crippen LogP contribution in [0.25, 0.3) is 0 Å². The minimum atomic E-state index is -0.373. The van der Waals surface area contributed by atoms with E-state index in [1.807, 2.05) is 6.92 Å². The molecule has 0 bridgehead atoms. The standard InChI is InChI=1S/C17H18FN3O2S2/c1-3-14(22)21(13-8-9-13)16-19-20-17(25-16)24-10(2)15(23)11-4-6-12(18)7-5-11/h4-7,10,13H,3,8-9H2,1-2H3/t10-/m1/s1. The van der Waals surface area contributed by atoms with Crippen LogP contribution in [-0.2, 0) is 4.79 Å². The molecule has 0 aliphatic heterocycles. The molecule has 1 fully saturated rings. The molecular weight excluding hydrogens is 361 g/mol. The van der Waals surface area contributed by atoms with Crippen molar-refractivity contribution in [3.05, 3.63) is 35.6 Å². The molecule has 25 heavy (non-hydrogen) atoms. The van der Waals surface area contributed by atoms with E-state index in [9.17, 15) is 14.0 Å². The first-order chi connectivity index (χ1) is 12.0. The van der Waals surface area contributed by atoms with Crippen LogP contribution in [0.1, 0.15) is 43.5 Å². The van der Waals surface area contributed by atoms with Crippen molar-refractivity contribution in [3.63, 3.8) is 0 Å². The summed E-state index contributed by atoms with van der Waals surface area (Å²) in [5, 5.41) is 8.48. The Morgan fingerprint density at radius 1 is 1.32 bits per heavy atom. The highest BCUT2D eigenvalue weighted by Crippen LogP contribution is 2.37. The van der Waals surface area contributed by atoms with E-state index < -0.39 is 0 Å². The van der Waals surface area contributed by atoms with Crippen molar-refractivity contribution in [1.29, 1.82) is 0 Å². The molecule has 5 nitrogen and oxygen atoms in total. The van der Waals surface area contributed by atoms with Gasteiger partial charge >= 0.3 is 0 Å². The van der Waals surface area contributed by atoms with E-state index in [2.05, 4.69) is 10.2 Å². The number of carbonyl (C=O) groups excluding carboxylic acids is 2.